The van der Waals surface area contributed by atoms with Gasteiger partial charge in [0.1, 0.15) is 5.69 Å². The van der Waals surface area contributed by atoms with E-state index in [0.717, 1.165) is 12.6 Å². The molecule has 1 fully saturated rings. The van der Waals surface area contributed by atoms with Crippen molar-refractivity contribution in [3.63, 3.8) is 0 Å². The van der Waals surface area contributed by atoms with Crippen molar-refractivity contribution in [1.29, 1.82) is 0 Å². The van der Waals surface area contributed by atoms with E-state index in [2.05, 4.69) is 15.3 Å². The van der Waals surface area contributed by atoms with Gasteiger partial charge >= 0.3 is 5.97 Å². The maximum absolute atomic E-state index is 11.8. The average Bonchev–Trinajstić information content (AvgIpc) is 2.48. The van der Waals surface area contributed by atoms with Crippen molar-refractivity contribution in [1.82, 2.24) is 15.3 Å². The van der Waals surface area contributed by atoms with Gasteiger partial charge in [-0.25, -0.2) is 14.8 Å². The number of carboxylic acid groups (broad SMARTS) is 1. The molecule has 1 aromatic heterocycles. The van der Waals surface area contributed by atoms with Crippen LogP contribution in [-0.2, 0) is 0 Å². The maximum atomic E-state index is 11.8. The molecule has 2 rings (SSSR count). The Morgan fingerprint density at radius 2 is 1.80 bits per heavy atom. The van der Waals surface area contributed by atoms with Gasteiger partial charge < -0.3 is 10.4 Å². The normalized spacial score (nSPS) is 15.8. The van der Waals surface area contributed by atoms with E-state index in [0.29, 0.717) is 12.5 Å². The highest BCUT2D eigenvalue weighted by Crippen LogP contribution is 2.25. The van der Waals surface area contributed by atoms with Gasteiger partial charge in [-0.2, -0.15) is 0 Å². The molecule has 1 aromatic rings. The number of hydrogen-bond donors (Lipinski definition) is 2. The molecule has 2 N–H and O–H groups in total. The number of aromatic carboxylic acids is 1. The number of nitrogens with one attached hydrogen (secondary N) is 1. The predicted octanol–water partition coefficient (Wildman–Crippen LogP) is 1.87. The van der Waals surface area contributed by atoms with E-state index < -0.39 is 5.97 Å². The van der Waals surface area contributed by atoms with Gasteiger partial charge in [0.15, 0.2) is 5.69 Å². The average molecular weight is 277 g/mol. The highest BCUT2D eigenvalue weighted by molar-refractivity contribution is 5.92. The molecule has 0 aliphatic heterocycles. The zero-order valence-corrected chi connectivity index (χ0v) is 11.3. The molecule has 0 spiro atoms. The summed E-state index contributed by atoms with van der Waals surface area (Å²) >= 11 is 0. The lowest BCUT2D eigenvalue weighted by atomic mass is 9.87. The molecule has 6 nitrogen and oxygen atoms in total. The summed E-state index contributed by atoms with van der Waals surface area (Å²) in [4.78, 5) is 29.9. The topological polar surface area (TPSA) is 92.2 Å². The minimum absolute atomic E-state index is 0.152. The van der Waals surface area contributed by atoms with E-state index in [1.807, 2.05) is 0 Å². The fourth-order valence-corrected chi connectivity index (χ4v) is 2.51. The number of carboxylic acids is 1. The molecule has 1 aliphatic carbocycles. The Hall–Kier alpha value is -1.98. The summed E-state index contributed by atoms with van der Waals surface area (Å²) < 4.78 is 0. The number of carbonyl (C=O) groups is 2. The van der Waals surface area contributed by atoms with E-state index in [9.17, 15) is 9.59 Å². The molecule has 0 saturated heterocycles. The highest BCUT2D eigenvalue weighted by Gasteiger charge is 2.14. The lowest BCUT2D eigenvalue weighted by Crippen LogP contribution is -2.27. The number of rotatable bonds is 5. The van der Waals surface area contributed by atoms with E-state index in [1.165, 1.54) is 38.3 Å². The Balaban J connectivity index is 1.77. The Morgan fingerprint density at radius 3 is 2.40 bits per heavy atom. The number of carbonyl (C=O) groups excluding carboxylic acids is 1. The fourth-order valence-electron chi connectivity index (χ4n) is 2.51. The molecule has 0 atom stereocenters. The van der Waals surface area contributed by atoms with Crippen LogP contribution in [0.15, 0.2) is 12.4 Å². The molecule has 1 heterocycles. The molecule has 0 radical (unpaired) electrons. The van der Waals surface area contributed by atoms with Crippen molar-refractivity contribution in [3.05, 3.63) is 23.8 Å². The van der Waals surface area contributed by atoms with Crippen molar-refractivity contribution < 1.29 is 14.7 Å². The first-order valence-corrected chi connectivity index (χ1v) is 7.00. The van der Waals surface area contributed by atoms with Gasteiger partial charge in [0, 0.05) is 6.54 Å². The Bertz CT molecular complexity index is 467. The first-order valence-electron chi connectivity index (χ1n) is 7.00. The standard InChI is InChI=1S/C14H19N3O3/c18-13(11-8-17-12(9-16-11)14(19)20)15-7-6-10-4-2-1-3-5-10/h8-10H,1-7H2,(H,15,18)(H,19,20). The van der Waals surface area contributed by atoms with Gasteiger partial charge in [-0.15, -0.1) is 0 Å². The quantitative estimate of drug-likeness (QED) is 0.857. The number of amides is 1. The summed E-state index contributed by atoms with van der Waals surface area (Å²) in [6.07, 6.45) is 9.70. The third-order valence-electron chi connectivity index (χ3n) is 3.67. The Labute approximate surface area is 117 Å². The van der Waals surface area contributed by atoms with Gasteiger partial charge in [-0.3, -0.25) is 4.79 Å². The zero-order valence-electron chi connectivity index (χ0n) is 11.3. The highest BCUT2D eigenvalue weighted by atomic mass is 16.4. The number of aromatic nitrogens is 2. The van der Waals surface area contributed by atoms with E-state index in [1.54, 1.807) is 0 Å². The molecule has 1 saturated carbocycles. The monoisotopic (exact) mass is 277 g/mol. The van der Waals surface area contributed by atoms with Crippen LogP contribution in [0.25, 0.3) is 0 Å². The van der Waals surface area contributed by atoms with Crippen LogP contribution in [0, 0.1) is 5.92 Å². The minimum Gasteiger partial charge on any atom is -0.476 e. The third-order valence-corrected chi connectivity index (χ3v) is 3.67. The Kier molecular flexibility index (Phi) is 5.03. The summed E-state index contributed by atoms with van der Waals surface area (Å²) in [7, 11) is 0. The molecule has 6 heteroatoms. The molecule has 20 heavy (non-hydrogen) atoms. The maximum Gasteiger partial charge on any atom is 0.356 e. The molecule has 0 bridgehead atoms. The molecular weight excluding hydrogens is 258 g/mol. The van der Waals surface area contributed by atoms with Gasteiger partial charge in [0.05, 0.1) is 12.4 Å². The van der Waals surface area contributed by atoms with E-state index in [4.69, 9.17) is 5.11 Å². The van der Waals surface area contributed by atoms with Crippen LogP contribution in [0.5, 0.6) is 0 Å². The van der Waals surface area contributed by atoms with Crippen LogP contribution < -0.4 is 5.32 Å². The number of hydrogen-bond acceptors (Lipinski definition) is 4. The van der Waals surface area contributed by atoms with Gasteiger partial charge in [0.2, 0.25) is 0 Å². The summed E-state index contributed by atoms with van der Waals surface area (Å²) in [5.74, 6) is -0.739. The second-order valence-corrected chi connectivity index (χ2v) is 5.14. The predicted molar refractivity (Wildman–Crippen MR) is 72.5 cm³/mol. The largest absolute Gasteiger partial charge is 0.476 e. The fraction of sp³-hybridized carbons (Fsp3) is 0.571. The summed E-state index contributed by atoms with van der Waals surface area (Å²) in [5.41, 5.74) is -0.0117. The van der Waals surface area contributed by atoms with Gasteiger partial charge in [-0.05, 0) is 12.3 Å². The molecule has 1 amide bonds. The second-order valence-electron chi connectivity index (χ2n) is 5.14. The first-order chi connectivity index (χ1) is 9.66. The van der Waals surface area contributed by atoms with Crippen LogP contribution >= 0.6 is 0 Å². The molecule has 0 unspecified atom stereocenters. The summed E-state index contributed by atoms with van der Waals surface area (Å²) in [6.45, 7) is 0.631. The van der Waals surface area contributed by atoms with Crippen molar-refractivity contribution in [2.24, 2.45) is 5.92 Å². The third kappa shape index (κ3) is 4.01. The van der Waals surface area contributed by atoms with E-state index >= 15 is 0 Å². The summed E-state index contributed by atoms with van der Waals surface area (Å²) in [6, 6.07) is 0. The summed E-state index contributed by atoms with van der Waals surface area (Å²) in [5, 5.41) is 11.5. The number of nitrogens with zero attached hydrogens (tertiary/aromatic N) is 2. The molecule has 108 valence electrons. The van der Waals surface area contributed by atoms with Crippen molar-refractivity contribution in [3.8, 4) is 0 Å². The SMILES string of the molecule is O=C(O)c1cnc(C(=O)NCCC2CCCCC2)cn1. The molecular formula is C14H19N3O3. The van der Waals surface area contributed by atoms with Crippen molar-refractivity contribution >= 4 is 11.9 Å². The minimum atomic E-state index is -1.15. The van der Waals surface area contributed by atoms with Gasteiger partial charge in [0.25, 0.3) is 5.91 Å². The Morgan fingerprint density at radius 1 is 1.15 bits per heavy atom. The van der Waals surface area contributed by atoms with E-state index in [-0.39, 0.29) is 17.3 Å². The molecule has 0 aromatic carbocycles. The first kappa shape index (κ1) is 14.4. The zero-order chi connectivity index (χ0) is 14.4. The second kappa shape index (κ2) is 6.98. The van der Waals surface area contributed by atoms with Crippen LogP contribution in [0.1, 0.15) is 59.5 Å². The molecule has 1 aliphatic rings. The lowest BCUT2D eigenvalue weighted by molar-refractivity contribution is 0.0689. The van der Waals surface area contributed by atoms with Crippen LogP contribution in [0.4, 0.5) is 0 Å². The van der Waals surface area contributed by atoms with Crippen LogP contribution in [0.3, 0.4) is 0 Å². The van der Waals surface area contributed by atoms with Crippen LogP contribution in [0.2, 0.25) is 0 Å². The van der Waals surface area contributed by atoms with Gasteiger partial charge in [-0.1, -0.05) is 32.1 Å². The van der Waals surface area contributed by atoms with Crippen LogP contribution in [-0.4, -0.2) is 33.5 Å². The van der Waals surface area contributed by atoms with Crippen molar-refractivity contribution in [2.45, 2.75) is 38.5 Å². The smallest absolute Gasteiger partial charge is 0.356 e. The van der Waals surface area contributed by atoms with Crippen molar-refractivity contribution in [2.75, 3.05) is 6.54 Å². The lowest BCUT2D eigenvalue weighted by Gasteiger charge is -2.21.